The van der Waals surface area contributed by atoms with Crippen LogP contribution in [0.4, 0.5) is 10.6 Å². The second-order valence-corrected chi connectivity index (χ2v) is 3.32. The molecule has 1 heterocycles. The van der Waals surface area contributed by atoms with E-state index < -0.39 is 0 Å². The molecule has 0 unspecified atom stereocenters. The van der Waals surface area contributed by atoms with E-state index in [0.29, 0.717) is 18.9 Å². The first-order valence-corrected chi connectivity index (χ1v) is 5.46. The first kappa shape index (κ1) is 13.0. The van der Waals surface area contributed by atoms with E-state index in [0.717, 1.165) is 12.0 Å². The highest BCUT2D eigenvalue weighted by Crippen LogP contribution is 2.05. The van der Waals surface area contributed by atoms with Gasteiger partial charge in [0.05, 0.1) is 6.54 Å². The molecule has 0 aromatic carbocycles. The zero-order chi connectivity index (χ0) is 12.5. The molecule has 1 rings (SSSR count). The molecule has 2 amide bonds. The lowest BCUT2D eigenvalue weighted by molar-refractivity contribution is 0.252. The van der Waals surface area contributed by atoms with Crippen molar-refractivity contribution in [1.82, 2.24) is 10.3 Å². The van der Waals surface area contributed by atoms with Crippen molar-refractivity contribution in [3.8, 4) is 11.8 Å². The van der Waals surface area contributed by atoms with Crippen LogP contribution in [0.25, 0.3) is 0 Å². The van der Waals surface area contributed by atoms with Gasteiger partial charge in [-0.15, -0.1) is 0 Å². The number of pyridine rings is 1. The Morgan fingerprint density at radius 1 is 1.59 bits per heavy atom. The topological polar surface area (TPSA) is 80.0 Å². The maximum atomic E-state index is 11.4. The molecule has 0 fully saturated rings. The smallest absolute Gasteiger partial charge is 0.320 e. The minimum atomic E-state index is -0.261. The van der Waals surface area contributed by atoms with E-state index in [1.807, 2.05) is 6.92 Å². The highest BCUT2D eigenvalue weighted by atomic mass is 16.2. The number of rotatable bonds is 3. The monoisotopic (exact) mass is 232 g/mol. The summed E-state index contributed by atoms with van der Waals surface area (Å²) in [7, 11) is 0. The standard InChI is InChI=1S/C12H16N4O/c1-2-7-15-12(17)16-11-9-10(4-3-6-13)5-8-14-11/h5,8-9H,2,6-7,13H2,1H3,(H2,14,15,16,17). The Bertz CT molecular complexity index is 434. The average Bonchev–Trinajstić information content (AvgIpc) is 2.34. The van der Waals surface area contributed by atoms with Gasteiger partial charge in [-0.25, -0.2) is 9.78 Å². The van der Waals surface area contributed by atoms with Crippen molar-refractivity contribution in [2.75, 3.05) is 18.4 Å². The predicted molar refractivity (Wildman–Crippen MR) is 67.5 cm³/mol. The number of nitrogens with zero attached hydrogens (tertiary/aromatic N) is 1. The van der Waals surface area contributed by atoms with Crippen LogP contribution >= 0.6 is 0 Å². The number of carbonyl (C=O) groups excluding carboxylic acids is 1. The van der Waals surface area contributed by atoms with Crippen molar-refractivity contribution in [2.24, 2.45) is 5.73 Å². The zero-order valence-electron chi connectivity index (χ0n) is 9.79. The highest BCUT2D eigenvalue weighted by molar-refractivity contribution is 5.88. The van der Waals surface area contributed by atoms with Gasteiger partial charge in [-0.2, -0.15) is 0 Å². The summed E-state index contributed by atoms with van der Waals surface area (Å²) in [6.07, 6.45) is 2.48. The molecule has 0 aliphatic rings. The van der Waals surface area contributed by atoms with Crippen molar-refractivity contribution < 1.29 is 4.79 Å². The van der Waals surface area contributed by atoms with E-state index in [4.69, 9.17) is 5.73 Å². The second kappa shape index (κ2) is 7.25. The fraction of sp³-hybridized carbons (Fsp3) is 0.333. The summed E-state index contributed by atoms with van der Waals surface area (Å²) in [4.78, 5) is 15.4. The molecule has 0 aliphatic carbocycles. The number of anilines is 1. The van der Waals surface area contributed by atoms with Gasteiger partial charge in [0.2, 0.25) is 0 Å². The summed E-state index contributed by atoms with van der Waals surface area (Å²) in [6, 6.07) is 3.20. The number of hydrogen-bond acceptors (Lipinski definition) is 3. The summed E-state index contributed by atoms with van der Waals surface area (Å²) >= 11 is 0. The molecular formula is C12H16N4O. The summed E-state index contributed by atoms with van der Waals surface area (Å²) in [6.45, 7) is 2.93. The van der Waals surface area contributed by atoms with Gasteiger partial charge in [-0.1, -0.05) is 18.8 Å². The van der Waals surface area contributed by atoms with Gasteiger partial charge in [0.25, 0.3) is 0 Å². The number of nitrogens with one attached hydrogen (secondary N) is 2. The maximum absolute atomic E-state index is 11.4. The van der Waals surface area contributed by atoms with Crippen LogP contribution in [0.5, 0.6) is 0 Å². The molecule has 0 atom stereocenters. The molecular weight excluding hydrogens is 216 g/mol. The number of amides is 2. The van der Waals surface area contributed by atoms with E-state index in [2.05, 4.69) is 27.5 Å². The molecule has 5 heteroatoms. The number of hydrogen-bond donors (Lipinski definition) is 3. The molecule has 1 aromatic rings. The Hall–Kier alpha value is -2.06. The largest absolute Gasteiger partial charge is 0.338 e. The first-order valence-electron chi connectivity index (χ1n) is 5.46. The molecule has 0 saturated heterocycles. The Labute approximate surface area is 101 Å². The summed E-state index contributed by atoms with van der Waals surface area (Å²) in [5.74, 6) is 6.09. The zero-order valence-corrected chi connectivity index (χ0v) is 9.79. The maximum Gasteiger partial charge on any atom is 0.320 e. The molecule has 17 heavy (non-hydrogen) atoms. The van der Waals surface area contributed by atoms with Crippen LogP contribution in [0.1, 0.15) is 18.9 Å². The molecule has 0 bridgehead atoms. The third-order valence-electron chi connectivity index (χ3n) is 1.87. The molecule has 0 spiro atoms. The number of aromatic nitrogens is 1. The van der Waals surface area contributed by atoms with E-state index in [-0.39, 0.29) is 6.03 Å². The lowest BCUT2D eigenvalue weighted by Gasteiger charge is -2.05. The van der Waals surface area contributed by atoms with Crippen LogP contribution in [-0.4, -0.2) is 24.1 Å². The second-order valence-electron chi connectivity index (χ2n) is 3.32. The van der Waals surface area contributed by atoms with Crippen LogP contribution in [0.2, 0.25) is 0 Å². The van der Waals surface area contributed by atoms with Crippen LogP contribution in [-0.2, 0) is 0 Å². The molecule has 4 N–H and O–H groups in total. The van der Waals surface area contributed by atoms with Crippen molar-refractivity contribution in [3.63, 3.8) is 0 Å². The number of carbonyl (C=O) groups is 1. The van der Waals surface area contributed by atoms with Crippen LogP contribution < -0.4 is 16.4 Å². The van der Waals surface area contributed by atoms with Gasteiger partial charge in [-0.05, 0) is 18.6 Å². The van der Waals surface area contributed by atoms with Crippen LogP contribution in [0.3, 0.4) is 0 Å². The quantitative estimate of drug-likeness (QED) is 0.678. The van der Waals surface area contributed by atoms with Crippen LogP contribution in [0.15, 0.2) is 18.3 Å². The van der Waals surface area contributed by atoms with Crippen molar-refractivity contribution in [3.05, 3.63) is 23.9 Å². The summed E-state index contributed by atoms with van der Waals surface area (Å²) in [5.41, 5.74) is 6.06. The fourth-order valence-corrected chi connectivity index (χ4v) is 1.13. The minimum Gasteiger partial charge on any atom is -0.338 e. The number of urea groups is 1. The number of nitrogens with two attached hydrogens (primary N) is 1. The average molecular weight is 232 g/mol. The van der Waals surface area contributed by atoms with E-state index >= 15 is 0 Å². The Balaban J connectivity index is 2.62. The summed E-state index contributed by atoms with van der Waals surface area (Å²) in [5, 5.41) is 5.33. The van der Waals surface area contributed by atoms with Gasteiger partial charge in [0, 0.05) is 18.3 Å². The normalized spacial score (nSPS) is 9.06. The van der Waals surface area contributed by atoms with E-state index in [9.17, 15) is 4.79 Å². The fourth-order valence-electron chi connectivity index (χ4n) is 1.13. The molecule has 90 valence electrons. The lowest BCUT2D eigenvalue weighted by Crippen LogP contribution is -2.29. The Morgan fingerprint density at radius 3 is 3.12 bits per heavy atom. The van der Waals surface area contributed by atoms with Gasteiger partial charge in [0.15, 0.2) is 0 Å². The third-order valence-corrected chi connectivity index (χ3v) is 1.87. The molecule has 1 aromatic heterocycles. The first-order chi connectivity index (χ1) is 8.26. The highest BCUT2D eigenvalue weighted by Gasteiger charge is 2.01. The van der Waals surface area contributed by atoms with Crippen molar-refractivity contribution in [2.45, 2.75) is 13.3 Å². The Kier molecular flexibility index (Phi) is 5.55. The van der Waals surface area contributed by atoms with Gasteiger partial charge < -0.3 is 11.1 Å². The minimum absolute atomic E-state index is 0.261. The van der Waals surface area contributed by atoms with Gasteiger partial charge in [0.1, 0.15) is 5.82 Å². The van der Waals surface area contributed by atoms with E-state index in [1.165, 1.54) is 0 Å². The van der Waals surface area contributed by atoms with Gasteiger partial charge in [-0.3, -0.25) is 5.32 Å². The van der Waals surface area contributed by atoms with Crippen LogP contribution in [0, 0.1) is 11.8 Å². The van der Waals surface area contributed by atoms with E-state index in [1.54, 1.807) is 18.3 Å². The molecule has 0 radical (unpaired) electrons. The predicted octanol–water partition coefficient (Wildman–Crippen LogP) is 0.923. The summed E-state index contributed by atoms with van der Waals surface area (Å²) < 4.78 is 0. The van der Waals surface area contributed by atoms with Crippen molar-refractivity contribution >= 4 is 11.8 Å². The van der Waals surface area contributed by atoms with Gasteiger partial charge >= 0.3 is 6.03 Å². The SMILES string of the molecule is CCCNC(=O)Nc1cc(C#CCN)ccn1. The third kappa shape index (κ3) is 5.00. The molecule has 0 saturated carbocycles. The Morgan fingerprint density at radius 2 is 2.41 bits per heavy atom. The lowest BCUT2D eigenvalue weighted by atomic mass is 10.2. The molecule has 0 aliphatic heterocycles. The van der Waals surface area contributed by atoms with Crippen molar-refractivity contribution in [1.29, 1.82) is 0 Å². The molecule has 5 nitrogen and oxygen atoms in total.